The van der Waals surface area contributed by atoms with Crippen LogP contribution < -0.4 is 0 Å². The molecule has 2 aromatic rings. The van der Waals surface area contributed by atoms with Gasteiger partial charge in [0.15, 0.2) is 0 Å². The molecule has 6 heteroatoms. The Bertz CT molecular complexity index is 898. The molecule has 0 heterocycles. The van der Waals surface area contributed by atoms with Crippen LogP contribution in [0.4, 0.5) is 0 Å². The number of aryl methyl sites for hydroxylation is 1. The van der Waals surface area contributed by atoms with Gasteiger partial charge >= 0.3 is 0 Å². The SMILES string of the molecule is Cc1cccc(CC(=O)CCCCOCCOCCOCCCCC(=O)Cc2cccc(CS)c2)c1. The lowest BCUT2D eigenvalue weighted by molar-refractivity contribution is -0.119. The van der Waals surface area contributed by atoms with Crippen molar-refractivity contribution in [2.45, 2.75) is 64.0 Å². The Hall–Kier alpha value is -1.99. The molecule has 0 spiro atoms. The molecule has 0 radical (unpaired) electrons. The van der Waals surface area contributed by atoms with E-state index in [-0.39, 0.29) is 11.6 Å². The standard InChI is InChI=1S/C30H42O5S/c1-25-8-6-9-26(20-25)22-29(31)12-2-4-14-33-16-18-35-19-17-34-15-5-3-13-30(32)23-27-10-7-11-28(21-27)24-36/h6-11,20-21,36H,2-5,12-19,22-24H2,1H3. The van der Waals surface area contributed by atoms with Gasteiger partial charge in [0.05, 0.1) is 26.4 Å². The zero-order valence-corrected chi connectivity index (χ0v) is 22.6. The number of hydrogen-bond donors (Lipinski definition) is 1. The molecule has 0 fully saturated rings. The molecule has 0 atom stereocenters. The third kappa shape index (κ3) is 14.5. The number of thiol groups is 1. The van der Waals surface area contributed by atoms with Gasteiger partial charge in [-0.15, -0.1) is 0 Å². The van der Waals surface area contributed by atoms with E-state index in [0.29, 0.717) is 71.1 Å². The van der Waals surface area contributed by atoms with Crippen molar-refractivity contribution in [1.82, 2.24) is 0 Å². The molecule has 0 saturated carbocycles. The van der Waals surface area contributed by atoms with Crippen LogP contribution in [0.2, 0.25) is 0 Å². The Morgan fingerprint density at radius 3 is 1.64 bits per heavy atom. The number of ether oxygens (including phenoxy) is 3. The number of benzene rings is 2. The molecule has 0 saturated heterocycles. The number of ketones is 2. The fourth-order valence-electron chi connectivity index (χ4n) is 3.89. The molecule has 36 heavy (non-hydrogen) atoms. The number of carbonyl (C=O) groups excluding carboxylic acids is 2. The molecular weight excluding hydrogens is 472 g/mol. The van der Waals surface area contributed by atoms with E-state index in [1.165, 1.54) is 5.56 Å². The summed E-state index contributed by atoms with van der Waals surface area (Å²) in [6.45, 7) is 5.52. The smallest absolute Gasteiger partial charge is 0.137 e. The largest absolute Gasteiger partial charge is 0.379 e. The predicted octanol–water partition coefficient (Wildman–Crippen LogP) is 5.74. The van der Waals surface area contributed by atoms with Crippen molar-refractivity contribution in [3.63, 3.8) is 0 Å². The zero-order chi connectivity index (χ0) is 25.8. The van der Waals surface area contributed by atoms with Gasteiger partial charge in [-0.05, 0) is 49.3 Å². The average Bonchev–Trinajstić information content (AvgIpc) is 2.86. The molecule has 2 rings (SSSR count). The first-order chi connectivity index (χ1) is 17.6. The highest BCUT2D eigenvalue weighted by molar-refractivity contribution is 7.79. The first kappa shape index (κ1) is 30.2. The molecule has 0 unspecified atom stereocenters. The first-order valence-corrected chi connectivity index (χ1v) is 13.7. The quantitative estimate of drug-likeness (QED) is 0.170. The van der Waals surface area contributed by atoms with Crippen molar-refractivity contribution in [3.05, 3.63) is 70.8 Å². The summed E-state index contributed by atoms with van der Waals surface area (Å²) in [6.07, 6.45) is 5.65. The monoisotopic (exact) mass is 514 g/mol. The van der Waals surface area contributed by atoms with Gasteiger partial charge in [-0.25, -0.2) is 0 Å². The second-order valence-electron chi connectivity index (χ2n) is 9.15. The van der Waals surface area contributed by atoms with E-state index < -0.39 is 0 Å². The van der Waals surface area contributed by atoms with E-state index in [1.807, 2.05) is 43.3 Å². The van der Waals surface area contributed by atoms with Gasteiger partial charge in [-0.2, -0.15) is 12.6 Å². The predicted molar refractivity (Wildman–Crippen MR) is 148 cm³/mol. The maximum absolute atomic E-state index is 12.1. The van der Waals surface area contributed by atoms with Crippen molar-refractivity contribution in [3.8, 4) is 0 Å². The molecule has 5 nitrogen and oxygen atoms in total. The molecular formula is C30H42O5S. The molecule has 0 bridgehead atoms. The summed E-state index contributed by atoms with van der Waals surface area (Å²) < 4.78 is 16.7. The minimum Gasteiger partial charge on any atom is -0.379 e. The molecule has 0 amide bonds. The van der Waals surface area contributed by atoms with Crippen molar-refractivity contribution >= 4 is 24.2 Å². The van der Waals surface area contributed by atoms with Crippen LogP contribution >= 0.6 is 12.6 Å². The third-order valence-electron chi connectivity index (χ3n) is 5.79. The number of carbonyl (C=O) groups is 2. The van der Waals surface area contributed by atoms with Gasteiger partial charge in [-0.1, -0.05) is 54.1 Å². The lowest BCUT2D eigenvalue weighted by Gasteiger charge is -2.07. The van der Waals surface area contributed by atoms with Crippen LogP contribution in [0.5, 0.6) is 0 Å². The van der Waals surface area contributed by atoms with Crippen LogP contribution in [0.25, 0.3) is 0 Å². The molecule has 198 valence electrons. The van der Waals surface area contributed by atoms with Gasteiger partial charge in [0.25, 0.3) is 0 Å². The number of unbranched alkanes of at least 4 members (excludes halogenated alkanes) is 2. The van der Waals surface area contributed by atoms with Gasteiger partial charge < -0.3 is 14.2 Å². The molecule has 0 aromatic heterocycles. The highest BCUT2D eigenvalue weighted by Gasteiger charge is 2.05. The summed E-state index contributed by atoms with van der Waals surface area (Å²) in [5, 5.41) is 0. The lowest BCUT2D eigenvalue weighted by Crippen LogP contribution is -2.10. The lowest BCUT2D eigenvalue weighted by atomic mass is 10.0. The van der Waals surface area contributed by atoms with E-state index >= 15 is 0 Å². The molecule has 0 aliphatic rings. The van der Waals surface area contributed by atoms with Crippen LogP contribution in [0.3, 0.4) is 0 Å². The number of hydrogen-bond acceptors (Lipinski definition) is 6. The second-order valence-corrected chi connectivity index (χ2v) is 9.47. The molecule has 0 aliphatic heterocycles. The highest BCUT2D eigenvalue weighted by atomic mass is 32.1. The van der Waals surface area contributed by atoms with E-state index in [4.69, 9.17) is 14.2 Å². The second kappa shape index (κ2) is 19.2. The maximum Gasteiger partial charge on any atom is 0.137 e. The van der Waals surface area contributed by atoms with Crippen molar-refractivity contribution in [2.75, 3.05) is 39.6 Å². The number of Topliss-reactive ketones (excluding diaryl/α,β-unsaturated/α-hetero) is 2. The van der Waals surface area contributed by atoms with Gasteiger partial charge in [0.1, 0.15) is 11.6 Å². The summed E-state index contributed by atoms with van der Waals surface area (Å²) in [6, 6.07) is 16.2. The minimum absolute atomic E-state index is 0.267. The molecule has 0 N–H and O–H groups in total. The Balaban J connectivity index is 1.32. The van der Waals surface area contributed by atoms with Crippen LogP contribution in [-0.4, -0.2) is 51.2 Å². The summed E-state index contributed by atoms with van der Waals surface area (Å²) >= 11 is 4.28. The van der Waals surface area contributed by atoms with Crippen LogP contribution in [0, 0.1) is 6.92 Å². The topological polar surface area (TPSA) is 61.8 Å². The van der Waals surface area contributed by atoms with Gasteiger partial charge in [-0.3, -0.25) is 9.59 Å². The summed E-state index contributed by atoms with van der Waals surface area (Å²) in [5.74, 6) is 1.24. The van der Waals surface area contributed by atoms with Gasteiger partial charge in [0.2, 0.25) is 0 Å². The molecule has 0 aliphatic carbocycles. The Morgan fingerprint density at radius 1 is 0.639 bits per heavy atom. The Morgan fingerprint density at radius 2 is 1.11 bits per heavy atom. The summed E-state index contributed by atoms with van der Waals surface area (Å²) in [7, 11) is 0. The highest BCUT2D eigenvalue weighted by Crippen LogP contribution is 2.11. The minimum atomic E-state index is 0.267. The number of rotatable bonds is 21. The molecule has 2 aromatic carbocycles. The van der Waals surface area contributed by atoms with Gasteiger partial charge in [0, 0.05) is 44.6 Å². The van der Waals surface area contributed by atoms with E-state index in [0.717, 1.165) is 42.4 Å². The zero-order valence-electron chi connectivity index (χ0n) is 21.7. The van der Waals surface area contributed by atoms with E-state index in [9.17, 15) is 9.59 Å². The Kier molecular flexibility index (Phi) is 16.1. The van der Waals surface area contributed by atoms with Crippen LogP contribution in [0.1, 0.15) is 60.8 Å². The van der Waals surface area contributed by atoms with Crippen molar-refractivity contribution < 1.29 is 23.8 Å². The summed E-state index contributed by atoms with van der Waals surface area (Å²) in [5.41, 5.74) is 4.49. The normalized spacial score (nSPS) is 11.1. The van der Waals surface area contributed by atoms with Crippen molar-refractivity contribution in [2.24, 2.45) is 0 Å². The average molecular weight is 515 g/mol. The maximum atomic E-state index is 12.1. The third-order valence-corrected chi connectivity index (χ3v) is 6.16. The fourth-order valence-corrected chi connectivity index (χ4v) is 4.08. The Labute approximate surface area is 222 Å². The van der Waals surface area contributed by atoms with E-state index in [1.54, 1.807) is 0 Å². The fraction of sp³-hybridized carbons (Fsp3) is 0.533. The van der Waals surface area contributed by atoms with Crippen LogP contribution in [-0.2, 0) is 42.4 Å². The van der Waals surface area contributed by atoms with Crippen LogP contribution in [0.15, 0.2) is 48.5 Å². The first-order valence-electron chi connectivity index (χ1n) is 13.1. The summed E-state index contributed by atoms with van der Waals surface area (Å²) in [4.78, 5) is 24.2. The van der Waals surface area contributed by atoms with E-state index in [2.05, 4.69) is 24.8 Å². The van der Waals surface area contributed by atoms with Crippen molar-refractivity contribution in [1.29, 1.82) is 0 Å².